The second-order valence-electron chi connectivity index (χ2n) is 7.76. The highest BCUT2D eigenvalue weighted by Gasteiger charge is 2.17. The Labute approximate surface area is 189 Å². The summed E-state index contributed by atoms with van der Waals surface area (Å²) in [7, 11) is 1.80. The first-order chi connectivity index (χ1) is 15.1. The van der Waals surface area contributed by atoms with Gasteiger partial charge in [-0.2, -0.15) is 0 Å². The average Bonchev–Trinajstić information content (AvgIpc) is 3.24. The van der Waals surface area contributed by atoms with Gasteiger partial charge in [0, 0.05) is 45.1 Å². The Morgan fingerprint density at radius 1 is 1.00 bits per heavy atom. The van der Waals surface area contributed by atoms with Gasteiger partial charge in [0.05, 0.1) is 5.37 Å². The molecule has 0 fully saturated rings. The minimum Gasteiger partial charge on any atom is -0.376 e. The van der Waals surface area contributed by atoms with Crippen molar-refractivity contribution in [1.29, 1.82) is 0 Å². The zero-order chi connectivity index (χ0) is 21.9. The van der Waals surface area contributed by atoms with Crippen LogP contribution >= 0.6 is 11.8 Å². The van der Waals surface area contributed by atoms with Gasteiger partial charge in [0.1, 0.15) is 0 Å². The SMILES string of the molecule is CN(CCc1ccccc1)C(=O)CCC(=O)NCCC1NC(Cc2ccccc2)=CS1. The Kier molecular flexibility index (Phi) is 9.03. The third kappa shape index (κ3) is 8.13. The number of amides is 2. The normalized spacial score (nSPS) is 15.1. The van der Waals surface area contributed by atoms with Crippen LogP contribution in [0.1, 0.15) is 30.4 Å². The number of rotatable bonds is 11. The van der Waals surface area contributed by atoms with Crippen LogP contribution in [0.5, 0.6) is 0 Å². The largest absolute Gasteiger partial charge is 0.376 e. The standard InChI is InChI=1S/C25H31N3O2S/c1-28(17-15-20-8-4-2-5-9-20)25(30)13-12-23(29)26-16-14-24-27-22(19-31-24)18-21-10-6-3-7-11-21/h2-11,19,24,27H,12-18H2,1H3,(H,26,29). The summed E-state index contributed by atoms with van der Waals surface area (Å²) < 4.78 is 0. The molecule has 5 nitrogen and oxygen atoms in total. The molecule has 6 heteroatoms. The van der Waals surface area contributed by atoms with E-state index in [0.717, 1.165) is 19.3 Å². The number of thioether (sulfide) groups is 1. The van der Waals surface area contributed by atoms with Gasteiger partial charge in [-0.05, 0) is 29.4 Å². The molecule has 2 aromatic rings. The molecule has 0 radical (unpaired) electrons. The number of nitrogens with zero attached hydrogens (tertiary/aromatic N) is 1. The average molecular weight is 438 g/mol. The molecule has 1 heterocycles. The van der Waals surface area contributed by atoms with E-state index in [0.29, 0.717) is 13.1 Å². The monoisotopic (exact) mass is 437 g/mol. The van der Waals surface area contributed by atoms with E-state index in [1.165, 1.54) is 16.8 Å². The van der Waals surface area contributed by atoms with Crippen LogP contribution < -0.4 is 10.6 Å². The lowest BCUT2D eigenvalue weighted by molar-refractivity contribution is -0.132. The molecule has 0 aliphatic carbocycles. The van der Waals surface area contributed by atoms with Gasteiger partial charge in [-0.1, -0.05) is 60.7 Å². The van der Waals surface area contributed by atoms with Gasteiger partial charge in [0.25, 0.3) is 0 Å². The Morgan fingerprint density at radius 2 is 1.68 bits per heavy atom. The van der Waals surface area contributed by atoms with E-state index in [1.807, 2.05) is 24.3 Å². The lowest BCUT2D eigenvalue weighted by Crippen LogP contribution is -2.32. The summed E-state index contributed by atoms with van der Waals surface area (Å²) in [5, 5.41) is 8.91. The second kappa shape index (κ2) is 12.2. The molecule has 1 unspecified atom stereocenters. The zero-order valence-electron chi connectivity index (χ0n) is 18.0. The van der Waals surface area contributed by atoms with Gasteiger partial charge < -0.3 is 15.5 Å². The predicted molar refractivity (Wildman–Crippen MR) is 127 cm³/mol. The lowest BCUT2D eigenvalue weighted by Gasteiger charge is -2.17. The number of hydrogen-bond acceptors (Lipinski definition) is 4. The van der Waals surface area contributed by atoms with Crippen LogP contribution in [0.4, 0.5) is 0 Å². The van der Waals surface area contributed by atoms with E-state index >= 15 is 0 Å². The summed E-state index contributed by atoms with van der Waals surface area (Å²) in [5.41, 5.74) is 3.71. The molecule has 2 N–H and O–H groups in total. The maximum absolute atomic E-state index is 12.3. The van der Waals surface area contributed by atoms with Crippen LogP contribution in [0.2, 0.25) is 0 Å². The van der Waals surface area contributed by atoms with Crippen molar-refractivity contribution < 1.29 is 9.59 Å². The van der Waals surface area contributed by atoms with Crippen LogP contribution in [-0.2, 0) is 22.4 Å². The summed E-state index contributed by atoms with van der Waals surface area (Å²) in [5.74, 6) is -0.0564. The number of hydrogen-bond donors (Lipinski definition) is 2. The Balaban J connectivity index is 1.25. The van der Waals surface area contributed by atoms with Gasteiger partial charge in [0.15, 0.2) is 0 Å². The molecule has 1 aliphatic rings. The number of nitrogens with one attached hydrogen (secondary N) is 2. The summed E-state index contributed by atoms with van der Waals surface area (Å²) in [4.78, 5) is 26.1. The van der Waals surface area contributed by atoms with Crippen molar-refractivity contribution in [2.75, 3.05) is 20.1 Å². The molecule has 1 atom stereocenters. The fraction of sp³-hybridized carbons (Fsp3) is 0.360. The summed E-state index contributed by atoms with van der Waals surface area (Å²) in [6.07, 6.45) is 3.04. The fourth-order valence-electron chi connectivity index (χ4n) is 3.40. The molecule has 2 amide bonds. The summed E-state index contributed by atoms with van der Waals surface area (Å²) >= 11 is 1.76. The quantitative estimate of drug-likeness (QED) is 0.563. The minimum absolute atomic E-state index is 0.00819. The highest BCUT2D eigenvalue weighted by Crippen LogP contribution is 2.24. The Hall–Kier alpha value is -2.73. The van der Waals surface area contributed by atoms with E-state index in [4.69, 9.17) is 0 Å². The van der Waals surface area contributed by atoms with Gasteiger partial charge in [-0.3, -0.25) is 9.59 Å². The van der Waals surface area contributed by atoms with Crippen molar-refractivity contribution in [1.82, 2.24) is 15.5 Å². The first kappa shape index (κ1) is 22.9. The van der Waals surface area contributed by atoms with Gasteiger partial charge in [-0.15, -0.1) is 11.8 Å². The third-order valence-electron chi connectivity index (χ3n) is 5.26. The summed E-state index contributed by atoms with van der Waals surface area (Å²) in [6.45, 7) is 1.27. The maximum atomic E-state index is 12.3. The molecular weight excluding hydrogens is 406 g/mol. The van der Waals surface area contributed by atoms with Crippen LogP contribution in [0, 0.1) is 0 Å². The van der Waals surface area contributed by atoms with Crippen LogP contribution in [0.25, 0.3) is 0 Å². The molecule has 0 bridgehead atoms. The van der Waals surface area contributed by atoms with Gasteiger partial charge in [-0.25, -0.2) is 0 Å². The van der Waals surface area contributed by atoms with Crippen LogP contribution in [0.15, 0.2) is 71.8 Å². The molecule has 3 rings (SSSR count). The van der Waals surface area contributed by atoms with Crippen molar-refractivity contribution in [2.24, 2.45) is 0 Å². The van der Waals surface area contributed by atoms with E-state index < -0.39 is 0 Å². The van der Waals surface area contributed by atoms with E-state index in [2.05, 4.69) is 52.4 Å². The number of carbonyl (C=O) groups excluding carboxylic acids is 2. The van der Waals surface area contributed by atoms with E-state index in [-0.39, 0.29) is 30.0 Å². The van der Waals surface area contributed by atoms with Gasteiger partial charge >= 0.3 is 0 Å². The van der Waals surface area contributed by atoms with Crippen LogP contribution in [-0.4, -0.2) is 42.2 Å². The zero-order valence-corrected chi connectivity index (χ0v) is 18.9. The fourth-order valence-corrected chi connectivity index (χ4v) is 4.35. The number of likely N-dealkylation sites (N-methyl/N-ethyl adjacent to an activating group) is 1. The maximum Gasteiger partial charge on any atom is 0.222 e. The topological polar surface area (TPSA) is 61.4 Å². The van der Waals surface area contributed by atoms with Crippen molar-refractivity contribution in [3.05, 3.63) is 82.9 Å². The highest BCUT2D eigenvalue weighted by atomic mass is 32.2. The highest BCUT2D eigenvalue weighted by molar-refractivity contribution is 8.02. The number of benzene rings is 2. The van der Waals surface area contributed by atoms with E-state index in [9.17, 15) is 9.59 Å². The lowest BCUT2D eigenvalue weighted by atomic mass is 10.1. The van der Waals surface area contributed by atoms with Crippen molar-refractivity contribution in [3.63, 3.8) is 0 Å². The number of carbonyl (C=O) groups is 2. The van der Waals surface area contributed by atoms with Crippen LogP contribution in [0.3, 0.4) is 0 Å². The Morgan fingerprint density at radius 3 is 2.39 bits per heavy atom. The molecule has 0 aromatic heterocycles. The molecule has 2 aromatic carbocycles. The third-order valence-corrected chi connectivity index (χ3v) is 6.36. The smallest absolute Gasteiger partial charge is 0.222 e. The van der Waals surface area contributed by atoms with Crippen molar-refractivity contribution in [3.8, 4) is 0 Å². The molecule has 164 valence electrons. The van der Waals surface area contributed by atoms with Gasteiger partial charge in [0.2, 0.25) is 11.8 Å². The first-order valence-electron chi connectivity index (χ1n) is 10.8. The molecule has 0 saturated carbocycles. The second-order valence-corrected chi connectivity index (χ2v) is 8.84. The predicted octanol–water partition coefficient (Wildman–Crippen LogP) is 3.72. The molecule has 1 aliphatic heterocycles. The molecular formula is C25H31N3O2S. The van der Waals surface area contributed by atoms with Crippen molar-refractivity contribution >= 4 is 23.6 Å². The molecule has 31 heavy (non-hydrogen) atoms. The minimum atomic E-state index is -0.0646. The summed E-state index contributed by atoms with van der Waals surface area (Å²) in [6, 6.07) is 20.5. The Bertz CT molecular complexity index is 871. The van der Waals surface area contributed by atoms with Crippen molar-refractivity contribution in [2.45, 2.75) is 37.5 Å². The molecule has 0 saturated heterocycles. The first-order valence-corrected chi connectivity index (χ1v) is 11.7. The molecule has 0 spiro atoms. The number of allylic oxidation sites excluding steroid dienone is 1. The van der Waals surface area contributed by atoms with E-state index in [1.54, 1.807) is 23.7 Å².